The van der Waals surface area contributed by atoms with Crippen molar-refractivity contribution in [3.05, 3.63) is 16.6 Å². The summed E-state index contributed by atoms with van der Waals surface area (Å²) < 4.78 is 4.10. The molecular formula is C10H13NOS. The number of hydrogen-bond donors (Lipinski definition) is 1. The number of hydrogen-bond acceptors (Lipinski definition) is 3. The van der Waals surface area contributed by atoms with Crippen LogP contribution in [0, 0.1) is 18.8 Å². The van der Waals surface area contributed by atoms with Crippen LogP contribution in [-0.2, 0) is 0 Å². The van der Waals surface area contributed by atoms with E-state index in [1.54, 1.807) is 6.92 Å². The van der Waals surface area contributed by atoms with Gasteiger partial charge in [-0.05, 0) is 37.9 Å². The van der Waals surface area contributed by atoms with Gasteiger partial charge in [0, 0.05) is 0 Å². The topological polar surface area (TPSA) is 33.1 Å². The van der Waals surface area contributed by atoms with Crippen molar-refractivity contribution < 1.29 is 5.11 Å². The van der Waals surface area contributed by atoms with E-state index >= 15 is 0 Å². The highest BCUT2D eigenvalue weighted by Gasteiger charge is 2.12. The van der Waals surface area contributed by atoms with Crippen LogP contribution in [-0.4, -0.2) is 15.1 Å². The molecule has 0 aliphatic carbocycles. The minimum absolute atomic E-state index is 0.637. The molecule has 0 saturated heterocycles. The van der Waals surface area contributed by atoms with Gasteiger partial charge in [0.1, 0.15) is 5.60 Å². The summed E-state index contributed by atoms with van der Waals surface area (Å²) in [5.41, 5.74) is 0.100. The van der Waals surface area contributed by atoms with E-state index < -0.39 is 5.60 Å². The van der Waals surface area contributed by atoms with Gasteiger partial charge in [-0.25, -0.2) is 0 Å². The molecule has 0 amide bonds. The Bertz CT molecular complexity index is 343. The number of nitrogens with zero attached hydrogens (tertiary/aromatic N) is 1. The molecule has 1 aromatic heterocycles. The number of aryl methyl sites for hydroxylation is 1. The zero-order chi connectivity index (χ0) is 9.90. The Morgan fingerprint density at radius 2 is 2.38 bits per heavy atom. The number of aromatic nitrogens is 1. The van der Waals surface area contributed by atoms with E-state index in [4.69, 9.17) is 0 Å². The Balaban J connectivity index is 2.78. The third kappa shape index (κ3) is 3.17. The molecule has 70 valence electrons. The Morgan fingerprint density at radius 3 is 2.85 bits per heavy atom. The summed E-state index contributed by atoms with van der Waals surface area (Å²) >= 11 is 1.37. The van der Waals surface area contributed by atoms with Crippen LogP contribution in [0.15, 0.2) is 6.07 Å². The Labute approximate surface area is 82.8 Å². The lowest BCUT2D eigenvalue weighted by molar-refractivity contribution is 0.118. The molecule has 1 rings (SSSR count). The van der Waals surface area contributed by atoms with E-state index in [-0.39, 0.29) is 0 Å². The van der Waals surface area contributed by atoms with Crippen LogP contribution in [0.4, 0.5) is 0 Å². The predicted molar refractivity (Wildman–Crippen MR) is 54.6 cm³/mol. The first-order valence-electron chi connectivity index (χ1n) is 4.22. The molecule has 13 heavy (non-hydrogen) atoms. The van der Waals surface area contributed by atoms with Crippen LogP contribution in [0.3, 0.4) is 0 Å². The molecule has 0 saturated carbocycles. The molecular weight excluding hydrogens is 182 g/mol. The lowest BCUT2D eigenvalue weighted by atomic mass is 10.1. The van der Waals surface area contributed by atoms with Crippen molar-refractivity contribution >= 4 is 11.5 Å². The molecule has 0 aliphatic heterocycles. The van der Waals surface area contributed by atoms with Crippen molar-refractivity contribution in [2.24, 2.45) is 0 Å². The maximum atomic E-state index is 9.60. The van der Waals surface area contributed by atoms with Gasteiger partial charge in [-0.15, -0.1) is 0 Å². The molecule has 0 aliphatic rings. The van der Waals surface area contributed by atoms with Crippen molar-refractivity contribution in [3.8, 4) is 11.8 Å². The largest absolute Gasteiger partial charge is 0.378 e. The second-order valence-corrected chi connectivity index (χ2v) is 4.01. The molecule has 1 N–H and O–H groups in total. The second-order valence-electron chi connectivity index (χ2n) is 3.21. The summed E-state index contributed by atoms with van der Waals surface area (Å²) in [6, 6.07) is 1.92. The summed E-state index contributed by atoms with van der Waals surface area (Å²) in [4.78, 5) is 0.909. The monoisotopic (exact) mass is 195 g/mol. The molecule has 0 aromatic carbocycles. The van der Waals surface area contributed by atoms with Crippen LogP contribution in [0.25, 0.3) is 0 Å². The highest BCUT2D eigenvalue weighted by molar-refractivity contribution is 7.06. The Morgan fingerprint density at radius 1 is 1.69 bits per heavy atom. The Hall–Kier alpha value is -0.850. The van der Waals surface area contributed by atoms with Crippen molar-refractivity contribution in [2.45, 2.75) is 32.8 Å². The van der Waals surface area contributed by atoms with E-state index in [1.807, 2.05) is 19.9 Å². The molecule has 1 heterocycles. The van der Waals surface area contributed by atoms with Crippen LogP contribution in [0.1, 0.15) is 30.8 Å². The summed E-state index contributed by atoms with van der Waals surface area (Å²) in [7, 11) is 0. The van der Waals surface area contributed by atoms with Gasteiger partial charge in [-0.3, -0.25) is 0 Å². The van der Waals surface area contributed by atoms with Crippen LogP contribution in [0.2, 0.25) is 0 Å². The predicted octanol–water partition coefficient (Wildman–Crippen LogP) is 1.96. The summed E-state index contributed by atoms with van der Waals surface area (Å²) in [5, 5.41) is 9.60. The molecule has 3 heteroatoms. The van der Waals surface area contributed by atoms with Crippen LogP contribution in [0.5, 0.6) is 0 Å². The third-order valence-electron chi connectivity index (χ3n) is 1.77. The maximum Gasteiger partial charge on any atom is 0.122 e. The fourth-order valence-corrected chi connectivity index (χ4v) is 1.32. The normalized spacial score (nSPS) is 14.5. The average molecular weight is 195 g/mol. The standard InChI is InChI=1S/C10H13NOS/c1-4-10(3,12)6-5-9-7-8(2)11-13-9/h7,12H,4H2,1-3H3. The highest BCUT2D eigenvalue weighted by Crippen LogP contribution is 2.10. The van der Waals surface area contributed by atoms with E-state index in [2.05, 4.69) is 16.2 Å². The molecule has 1 aromatic rings. The first-order chi connectivity index (χ1) is 6.03. The van der Waals surface area contributed by atoms with Gasteiger partial charge < -0.3 is 5.11 Å². The zero-order valence-corrected chi connectivity index (χ0v) is 8.90. The Kier molecular flexibility index (Phi) is 3.07. The van der Waals surface area contributed by atoms with Gasteiger partial charge >= 0.3 is 0 Å². The van der Waals surface area contributed by atoms with E-state index in [0.717, 1.165) is 10.6 Å². The molecule has 0 bridgehead atoms. The zero-order valence-electron chi connectivity index (χ0n) is 8.09. The fraction of sp³-hybridized carbons (Fsp3) is 0.500. The molecule has 1 unspecified atom stereocenters. The van der Waals surface area contributed by atoms with Gasteiger partial charge in [0.25, 0.3) is 0 Å². The minimum Gasteiger partial charge on any atom is -0.378 e. The first-order valence-corrected chi connectivity index (χ1v) is 5.00. The molecule has 1 atom stereocenters. The van der Waals surface area contributed by atoms with E-state index in [9.17, 15) is 5.11 Å². The van der Waals surface area contributed by atoms with Gasteiger partial charge in [-0.1, -0.05) is 18.8 Å². The smallest absolute Gasteiger partial charge is 0.122 e. The highest BCUT2D eigenvalue weighted by atomic mass is 32.1. The summed E-state index contributed by atoms with van der Waals surface area (Å²) in [6.45, 7) is 5.56. The number of rotatable bonds is 1. The lowest BCUT2D eigenvalue weighted by Gasteiger charge is -2.11. The van der Waals surface area contributed by atoms with E-state index in [0.29, 0.717) is 6.42 Å². The van der Waals surface area contributed by atoms with E-state index in [1.165, 1.54) is 11.5 Å². The maximum absolute atomic E-state index is 9.60. The van der Waals surface area contributed by atoms with Crippen molar-refractivity contribution in [1.82, 2.24) is 4.37 Å². The SMILES string of the molecule is CCC(C)(O)C#Cc1cc(C)ns1. The van der Waals surface area contributed by atoms with Gasteiger partial charge in [0.2, 0.25) is 0 Å². The third-order valence-corrected chi connectivity index (χ3v) is 2.57. The van der Waals surface area contributed by atoms with Gasteiger partial charge in [0.05, 0.1) is 10.6 Å². The average Bonchev–Trinajstić information content (AvgIpc) is 2.48. The summed E-state index contributed by atoms with van der Waals surface area (Å²) in [5.74, 6) is 5.73. The van der Waals surface area contributed by atoms with Gasteiger partial charge in [0.15, 0.2) is 0 Å². The summed E-state index contributed by atoms with van der Waals surface area (Å²) in [6.07, 6.45) is 0.637. The lowest BCUT2D eigenvalue weighted by Crippen LogP contribution is -2.19. The van der Waals surface area contributed by atoms with Crippen molar-refractivity contribution in [3.63, 3.8) is 0 Å². The fourth-order valence-electron chi connectivity index (χ4n) is 0.707. The molecule has 2 nitrogen and oxygen atoms in total. The minimum atomic E-state index is -0.877. The van der Waals surface area contributed by atoms with Gasteiger partial charge in [-0.2, -0.15) is 4.37 Å². The van der Waals surface area contributed by atoms with Crippen molar-refractivity contribution in [1.29, 1.82) is 0 Å². The first kappa shape index (κ1) is 10.2. The van der Waals surface area contributed by atoms with Crippen molar-refractivity contribution in [2.75, 3.05) is 0 Å². The molecule has 0 fully saturated rings. The van der Waals surface area contributed by atoms with Crippen LogP contribution >= 0.6 is 11.5 Å². The van der Waals surface area contributed by atoms with Crippen LogP contribution < -0.4 is 0 Å². The quantitative estimate of drug-likeness (QED) is 0.695. The molecule has 0 spiro atoms. The second kappa shape index (κ2) is 3.91. The molecule has 0 radical (unpaired) electrons. The number of aliphatic hydroxyl groups is 1.